The van der Waals surface area contributed by atoms with E-state index < -0.39 is 21.3 Å². The van der Waals surface area contributed by atoms with Gasteiger partial charge in [0.05, 0.1) is 16.0 Å². The molecule has 0 saturated heterocycles. The SMILES string of the molecule is CS(=O)(=O)c1cc(C(=O)NC2(C#N)CCCC2)ccc1Cl. The van der Waals surface area contributed by atoms with Gasteiger partial charge in [-0.05, 0) is 43.9 Å². The molecule has 7 heteroatoms. The number of hydrogen-bond acceptors (Lipinski definition) is 4. The van der Waals surface area contributed by atoms with Gasteiger partial charge in [0.1, 0.15) is 5.54 Å². The lowest BCUT2D eigenvalue weighted by Crippen LogP contribution is -2.45. The molecule has 1 aliphatic carbocycles. The summed E-state index contributed by atoms with van der Waals surface area (Å²) in [4.78, 5) is 12.2. The van der Waals surface area contributed by atoms with Crippen LogP contribution in [-0.2, 0) is 9.84 Å². The van der Waals surface area contributed by atoms with Crippen molar-refractivity contribution in [3.8, 4) is 6.07 Å². The molecular weight excluding hydrogens is 312 g/mol. The van der Waals surface area contributed by atoms with Crippen molar-refractivity contribution in [2.24, 2.45) is 0 Å². The molecule has 1 fully saturated rings. The maximum atomic E-state index is 12.3. The van der Waals surface area contributed by atoms with Gasteiger partial charge in [-0.3, -0.25) is 4.79 Å². The Morgan fingerprint density at radius 1 is 1.38 bits per heavy atom. The summed E-state index contributed by atoms with van der Waals surface area (Å²) >= 11 is 5.85. The fraction of sp³-hybridized carbons (Fsp3) is 0.429. The first kappa shape index (κ1) is 15.8. The van der Waals surface area contributed by atoms with Gasteiger partial charge >= 0.3 is 0 Å². The lowest BCUT2D eigenvalue weighted by atomic mass is 9.99. The summed E-state index contributed by atoms with van der Waals surface area (Å²) in [6, 6.07) is 6.23. The van der Waals surface area contributed by atoms with E-state index in [1.54, 1.807) is 0 Å². The molecule has 0 spiro atoms. The summed E-state index contributed by atoms with van der Waals surface area (Å²) in [5, 5.41) is 12.1. The molecule has 0 bridgehead atoms. The second-order valence-corrected chi connectivity index (χ2v) is 7.66. The van der Waals surface area contributed by atoms with Crippen molar-refractivity contribution >= 4 is 27.3 Å². The molecule has 1 amide bonds. The van der Waals surface area contributed by atoms with Gasteiger partial charge < -0.3 is 5.32 Å². The predicted molar refractivity (Wildman–Crippen MR) is 78.8 cm³/mol. The first-order chi connectivity index (χ1) is 9.77. The number of rotatable bonds is 3. The number of nitrogens with one attached hydrogen (secondary N) is 1. The van der Waals surface area contributed by atoms with Gasteiger partial charge in [0.2, 0.25) is 0 Å². The van der Waals surface area contributed by atoms with Gasteiger partial charge in [-0.1, -0.05) is 11.6 Å². The first-order valence-electron chi connectivity index (χ1n) is 6.51. The second kappa shape index (κ2) is 5.66. The van der Waals surface area contributed by atoms with Crippen LogP contribution in [0.15, 0.2) is 23.1 Å². The fourth-order valence-electron chi connectivity index (χ4n) is 2.46. The molecule has 0 atom stereocenters. The number of benzene rings is 1. The molecule has 1 aliphatic rings. The van der Waals surface area contributed by atoms with Crippen molar-refractivity contribution in [1.29, 1.82) is 5.26 Å². The zero-order chi connectivity index (χ0) is 15.7. The summed E-state index contributed by atoms with van der Waals surface area (Å²) < 4.78 is 23.2. The maximum Gasteiger partial charge on any atom is 0.252 e. The van der Waals surface area contributed by atoms with Crippen LogP contribution in [0.2, 0.25) is 5.02 Å². The Kier molecular flexibility index (Phi) is 4.26. The summed E-state index contributed by atoms with van der Waals surface area (Å²) in [5.74, 6) is -0.458. The minimum atomic E-state index is -3.51. The lowest BCUT2D eigenvalue weighted by Gasteiger charge is -2.22. The Balaban J connectivity index is 2.31. The van der Waals surface area contributed by atoms with Gasteiger partial charge in [0, 0.05) is 11.8 Å². The highest BCUT2D eigenvalue weighted by molar-refractivity contribution is 7.90. The molecule has 0 aliphatic heterocycles. The number of halogens is 1. The van der Waals surface area contributed by atoms with Crippen LogP contribution in [0, 0.1) is 11.3 Å². The molecule has 21 heavy (non-hydrogen) atoms. The Morgan fingerprint density at radius 2 is 2.00 bits per heavy atom. The largest absolute Gasteiger partial charge is 0.334 e. The summed E-state index contributed by atoms with van der Waals surface area (Å²) in [5.41, 5.74) is -0.663. The van der Waals surface area contributed by atoms with E-state index in [-0.39, 0.29) is 15.5 Å². The second-order valence-electron chi connectivity index (χ2n) is 5.27. The molecule has 0 unspecified atom stereocenters. The quantitative estimate of drug-likeness (QED) is 0.923. The monoisotopic (exact) mass is 326 g/mol. The van der Waals surface area contributed by atoms with Gasteiger partial charge in [-0.25, -0.2) is 8.42 Å². The molecule has 1 aromatic carbocycles. The van der Waals surface area contributed by atoms with Crippen molar-refractivity contribution in [1.82, 2.24) is 5.32 Å². The summed E-state index contributed by atoms with van der Waals surface area (Å²) in [7, 11) is -3.51. The van der Waals surface area contributed by atoms with Gasteiger partial charge in [-0.2, -0.15) is 5.26 Å². The van der Waals surface area contributed by atoms with Crippen molar-refractivity contribution < 1.29 is 13.2 Å². The minimum Gasteiger partial charge on any atom is -0.334 e. The Bertz CT molecular complexity index is 716. The average Bonchev–Trinajstić information content (AvgIpc) is 2.87. The third kappa shape index (κ3) is 3.36. The summed E-state index contributed by atoms with van der Waals surface area (Å²) in [6.07, 6.45) is 4.04. The lowest BCUT2D eigenvalue weighted by molar-refractivity contribution is 0.0920. The van der Waals surface area contributed by atoms with Crippen LogP contribution in [-0.4, -0.2) is 26.1 Å². The molecular formula is C14H15ClN2O3S. The van der Waals surface area contributed by atoms with E-state index in [9.17, 15) is 18.5 Å². The molecule has 0 radical (unpaired) electrons. The third-order valence-electron chi connectivity index (χ3n) is 3.62. The third-order valence-corrected chi connectivity index (χ3v) is 5.20. The molecule has 5 nitrogen and oxygen atoms in total. The Labute approximate surface area is 128 Å². The fourth-order valence-corrected chi connectivity index (χ4v) is 3.76. The highest BCUT2D eigenvalue weighted by atomic mass is 35.5. The van der Waals surface area contributed by atoms with E-state index in [2.05, 4.69) is 11.4 Å². The average molecular weight is 327 g/mol. The van der Waals surface area contributed by atoms with Crippen molar-refractivity contribution in [2.45, 2.75) is 36.1 Å². The van der Waals surface area contributed by atoms with Gasteiger partial charge in [0.25, 0.3) is 5.91 Å². The Morgan fingerprint density at radius 3 is 2.52 bits per heavy atom. The highest BCUT2D eigenvalue weighted by Crippen LogP contribution is 2.29. The minimum absolute atomic E-state index is 0.0740. The van der Waals surface area contributed by atoms with Crippen LogP contribution in [0.25, 0.3) is 0 Å². The molecule has 0 aromatic heterocycles. The topological polar surface area (TPSA) is 87.0 Å². The molecule has 112 valence electrons. The van der Waals surface area contributed by atoms with E-state index in [1.165, 1.54) is 18.2 Å². The number of nitrogens with zero attached hydrogens (tertiary/aromatic N) is 1. The van der Waals surface area contributed by atoms with E-state index in [1.807, 2.05) is 0 Å². The van der Waals surface area contributed by atoms with Crippen LogP contribution >= 0.6 is 11.6 Å². The molecule has 2 rings (SSSR count). The molecule has 0 heterocycles. The van der Waals surface area contributed by atoms with E-state index in [0.717, 1.165) is 19.1 Å². The Hall–Kier alpha value is -1.58. The predicted octanol–water partition coefficient (Wildman–Crippen LogP) is 2.31. The van der Waals surface area contributed by atoms with Crippen LogP contribution in [0.4, 0.5) is 0 Å². The van der Waals surface area contributed by atoms with Crippen molar-refractivity contribution in [2.75, 3.05) is 6.26 Å². The van der Waals surface area contributed by atoms with Crippen LogP contribution in [0.3, 0.4) is 0 Å². The number of carbonyl (C=O) groups excluding carboxylic acids is 1. The highest BCUT2D eigenvalue weighted by Gasteiger charge is 2.35. The number of nitriles is 1. The van der Waals surface area contributed by atoms with Crippen LogP contribution in [0.1, 0.15) is 36.0 Å². The molecule has 1 aromatic rings. The van der Waals surface area contributed by atoms with E-state index in [4.69, 9.17) is 11.6 Å². The standard InChI is InChI=1S/C14H15ClN2O3S/c1-21(19,20)12-8-10(4-5-11(12)15)13(18)17-14(9-16)6-2-3-7-14/h4-5,8H,2-3,6-7H2,1H3,(H,17,18). The zero-order valence-electron chi connectivity index (χ0n) is 11.5. The van der Waals surface area contributed by atoms with E-state index >= 15 is 0 Å². The zero-order valence-corrected chi connectivity index (χ0v) is 13.1. The smallest absolute Gasteiger partial charge is 0.252 e. The van der Waals surface area contributed by atoms with Crippen LogP contribution in [0.5, 0.6) is 0 Å². The van der Waals surface area contributed by atoms with E-state index in [0.29, 0.717) is 12.8 Å². The normalized spacial score (nSPS) is 17.2. The van der Waals surface area contributed by atoms with Crippen LogP contribution < -0.4 is 5.32 Å². The molecule has 1 saturated carbocycles. The molecule has 1 N–H and O–H groups in total. The maximum absolute atomic E-state index is 12.3. The number of amides is 1. The van der Waals surface area contributed by atoms with Gasteiger partial charge in [0.15, 0.2) is 9.84 Å². The first-order valence-corrected chi connectivity index (χ1v) is 8.78. The number of hydrogen-bond donors (Lipinski definition) is 1. The summed E-state index contributed by atoms with van der Waals surface area (Å²) in [6.45, 7) is 0. The number of carbonyl (C=O) groups is 1. The number of sulfone groups is 1. The van der Waals surface area contributed by atoms with Crippen molar-refractivity contribution in [3.05, 3.63) is 28.8 Å². The van der Waals surface area contributed by atoms with Gasteiger partial charge in [-0.15, -0.1) is 0 Å². The van der Waals surface area contributed by atoms with Crippen molar-refractivity contribution in [3.63, 3.8) is 0 Å².